The van der Waals surface area contributed by atoms with Crippen LogP contribution in [0.25, 0.3) is 10.8 Å². The Hall–Kier alpha value is -3.14. The molecule has 0 bridgehead atoms. The second-order valence-electron chi connectivity index (χ2n) is 6.54. The number of nitrogens with zero attached hydrogens (tertiary/aromatic N) is 1. The van der Waals surface area contributed by atoms with Crippen molar-refractivity contribution in [3.63, 3.8) is 0 Å². The molecule has 1 atom stereocenters. The molecular weight excluding hydrogens is 324 g/mol. The van der Waals surface area contributed by atoms with Crippen LogP contribution in [0.5, 0.6) is 0 Å². The Kier molecular flexibility index (Phi) is 4.17. The Balaban J connectivity index is 1.70. The number of likely N-dealkylation sites (N-methyl/N-ethyl adjacent to an activating group) is 1. The minimum atomic E-state index is -0.486. The summed E-state index contributed by atoms with van der Waals surface area (Å²) in [7, 11) is 1.61. The van der Waals surface area contributed by atoms with Gasteiger partial charge in [-0.05, 0) is 28.0 Å². The molecule has 0 saturated carbocycles. The van der Waals surface area contributed by atoms with Crippen LogP contribution in [0.1, 0.15) is 11.1 Å². The lowest BCUT2D eigenvalue weighted by Crippen LogP contribution is -2.47. The molecule has 0 saturated heterocycles. The van der Waals surface area contributed by atoms with Crippen LogP contribution in [-0.4, -0.2) is 24.9 Å². The molecular formula is C22H20N2O2. The molecule has 4 heteroatoms. The molecule has 0 unspecified atom stereocenters. The van der Waals surface area contributed by atoms with E-state index in [1.54, 1.807) is 11.9 Å². The summed E-state index contributed by atoms with van der Waals surface area (Å²) in [6.07, 6.45) is 0.820. The lowest BCUT2D eigenvalue weighted by Gasteiger charge is -2.24. The van der Waals surface area contributed by atoms with Crippen LogP contribution in [0.2, 0.25) is 0 Å². The summed E-state index contributed by atoms with van der Waals surface area (Å²) in [6, 6.07) is 21.3. The molecule has 4 nitrogen and oxygen atoms in total. The fourth-order valence-corrected chi connectivity index (χ4v) is 3.77. The monoisotopic (exact) mass is 344 g/mol. The van der Waals surface area contributed by atoms with Crippen LogP contribution in [0.15, 0.2) is 66.7 Å². The van der Waals surface area contributed by atoms with Gasteiger partial charge in [0, 0.05) is 19.2 Å². The predicted molar refractivity (Wildman–Crippen MR) is 103 cm³/mol. The van der Waals surface area contributed by atoms with E-state index in [4.69, 9.17) is 0 Å². The van der Waals surface area contributed by atoms with Crippen LogP contribution in [0, 0.1) is 0 Å². The van der Waals surface area contributed by atoms with Gasteiger partial charge in [-0.25, -0.2) is 0 Å². The van der Waals surface area contributed by atoms with E-state index >= 15 is 0 Å². The van der Waals surface area contributed by atoms with Gasteiger partial charge in [-0.1, -0.05) is 60.7 Å². The van der Waals surface area contributed by atoms with Gasteiger partial charge in [0.25, 0.3) is 0 Å². The molecule has 0 radical (unpaired) electrons. The topological polar surface area (TPSA) is 49.4 Å². The summed E-state index contributed by atoms with van der Waals surface area (Å²) in [5.41, 5.74) is 2.85. The van der Waals surface area contributed by atoms with Crippen molar-refractivity contribution in [1.29, 1.82) is 0 Å². The number of fused-ring (bicyclic) bond motifs is 2. The van der Waals surface area contributed by atoms with Gasteiger partial charge < -0.3 is 5.32 Å². The second kappa shape index (κ2) is 6.64. The molecule has 130 valence electrons. The molecule has 1 heterocycles. The van der Waals surface area contributed by atoms with Gasteiger partial charge in [0.05, 0.1) is 6.42 Å². The van der Waals surface area contributed by atoms with E-state index in [1.165, 1.54) is 0 Å². The largest absolute Gasteiger partial charge is 0.357 e. The first-order valence-corrected chi connectivity index (χ1v) is 8.77. The number of carbonyl (C=O) groups excluding carboxylic acids is 2. The maximum Gasteiger partial charge on any atom is 0.243 e. The fourth-order valence-electron chi connectivity index (χ4n) is 3.77. The molecule has 4 rings (SSSR count). The minimum absolute atomic E-state index is 0.0556. The van der Waals surface area contributed by atoms with Crippen molar-refractivity contribution in [2.45, 2.75) is 18.9 Å². The smallest absolute Gasteiger partial charge is 0.243 e. The maximum atomic E-state index is 13.2. The molecule has 1 aliphatic rings. The molecule has 1 N–H and O–H groups in total. The highest BCUT2D eigenvalue weighted by atomic mass is 16.2. The fraction of sp³-hybridized carbons (Fsp3) is 0.182. The molecule has 0 aliphatic carbocycles. The van der Waals surface area contributed by atoms with E-state index < -0.39 is 6.04 Å². The quantitative estimate of drug-likeness (QED) is 0.794. The highest BCUT2D eigenvalue weighted by molar-refractivity contribution is 6.05. The third kappa shape index (κ3) is 2.73. The molecule has 3 aromatic rings. The average Bonchev–Trinajstić information content (AvgIpc) is 3.07. The van der Waals surface area contributed by atoms with Crippen LogP contribution in [-0.2, 0) is 22.4 Å². The first kappa shape index (κ1) is 16.3. The normalized spacial score (nSPS) is 15.7. The van der Waals surface area contributed by atoms with E-state index in [0.717, 1.165) is 27.6 Å². The summed E-state index contributed by atoms with van der Waals surface area (Å²) < 4.78 is 0. The summed E-state index contributed by atoms with van der Waals surface area (Å²) in [5, 5.41) is 4.88. The summed E-state index contributed by atoms with van der Waals surface area (Å²) >= 11 is 0. The number of amides is 2. The van der Waals surface area contributed by atoms with E-state index in [9.17, 15) is 9.59 Å². The first-order valence-electron chi connectivity index (χ1n) is 8.77. The predicted octanol–water partition coefficient (Wildman–Crippen LogP) is 3.09. The Morgan fingerprint density at radius 3 is 2.58 bits per heavy atom. The molecule has 1 aliphatic heterocycles. The Labute approximate surface area is 152 Å². The number of carbonyl (C=O) groups is 2. The number of hydrogen-bond donors (Lipinski definition) is 1. The van der Waals surface area contributed by atoms with Gasteiger partial charge in [0.1, 0.15) is 6.04 Å². The Morgan fingerprint density at radius 1 is 1.00 bits per heavy atom. The highest BCUT2D eigenvalue weighted by Gasteiger charge is 2.37. The minimum Gasteiger partial charge on any atom is -0.357 e. The van der Waals surface area contributed by atoms with Crippen molar-refractivity contribution in [2.75, 3.05) is 11.9 Å². The van der Waals surface area contributed by atoms with Gasteiger partial charge >= 0.3 is 0 Å². The second-order valence-corrected chi connectivity index (χ2v) is 6.54. The van der Waals surface area contributed by atoms with Gasteiger partial charge in [-0.2, -0.15) is 0 Å². The third-order valence-electron chi connectivity index (χ3n) is 5.02. The first-order chi connectivity index (χ1) is 12.7. The van der Waals surface area contributed by atoms with Gasteiger partial charge in [-0.3, -0.25) is 14.5 Å². The number of hydrogen-bond acceptors (Lipinski definition) is 2. The van der Waals surface area contributed by atoms with Gasteiger partial charge in [-0.15, -0.1) is 0 Å². The van der Waals surface area contributed by atoms with Crippen molar-refractivity contribution in [2.24, 2.45) is 0 Å². The van der Waals surface area contributed by atoms with Crippen LogP contribution >= 0.6 is 0 Å². The standard InChI is InChI=1S/C22H20N2O2/c1-23-22(26)20-13-17-8-3-5-12-19(17)24(20)21(25)14-16-10-6-9-15-7-2-4-11-18(15)16/h2-12,20H,13-14H2,1H3,(H,23,26)/t20-/m1/s1. The SMILES string of the molecule is CNC(=O)[C@H]1Cc2ccccc2N1C(=O)Cc1cccc2ccccc12. The van der Waals surface area contributed by atoms with E-state index in [2.05, 4.69) is 5.32 Å². The number of benzene rings is 3. The molecule has 26 heavy (non-hydrogen) atoms. The maximum absolute atomic E-state index is 13.2. The summed E-state index contributed by atoms with van der Waals surface area (Å²) in [5.74, 6) is -0.188. The van der Waals surface area contributed by atoms with Crippen molar-refractivity contribution in [3.05, 3.63) is 77.9 Å². The number of anilines is 1. The molecule has 0 spiro atoms. The molecule has 2 amide bonds. The van der Waals surface area contributed by atoms with E-state index in [-0.39, 0.29) is 18.2 Å². The summed E-state index contributed by atoms with van der Waals surface area (Å²) in [4.78, 5) is 27.2. The van der Waals surface area contributed by atoms with Crippen LogP contribution in [0.3, 0.4) is 0 Å². The number of para-hydroxylation sites is 1. The zero-order valence-electron chi connectivity index (χ0n) is 14.6. The molecule has 0 fully saturated rings. The Bertz CT molecular complexity index is 991. The lowest BCUT2D eigenvalue weighted by molar-refractivity contribution is -0.125. The molecule has 3 aromatic carbocycles. The van der Waals surface area contributed by atoms with Crippen molar-refractivity contribution in [3.8, 4) is 0 Å². The van der Waals surface area contributed by atoms with Crippen LogP contribution in [0.4, 0.5) is 5.69 Å². The zero-order valence-corrected chi connectivity index (χ0v) is 14.6. The number of rotatable bonds is 3. The Morgan fingerprint density at radius 2 is 1.73 bits per heavy atom. The lowest BCUT2D eigenvalue weighted by atomic mass is 10.0. The van der Waals surface area contributed by atoms with Gasteiger partial charge in [0.15, 0.2) is 0 Å². The van der Waals surface area contributed by atoms with Crippen molar-refractivity contribution in [1.82, 2.24) is 5.32 Å². The van der Waals surface area contributed by atoms with Crippen molar-refractivity contribution >= 4 is 28.3 Å². The van der Waals surface area contributed by atoms with E-state index in [0.29, 0.717) is 6.42 Å². The van der Waals surface area contributed by atoms with Crippen molar-refractivity contribution < 1.29 is 9.59 Å². The van der Waals surface area contributed by atoms with Gasteiger partial charge in [0.2, 0.25) is 11.8 Å². The number of nitrogens with one attached hydrogen (secondary N) is 1. The van der Waals surface area contributed by atoms with Crippen LogP contribution < -0.4 is 10.2 Å². The third-order valence-corrected chi connectivity index (χ3v) is 5.02. The highest BCUT2D eigenvalue weighted by Crippen LogP contribution is 2.33. The molecule has 0 aromatic heterocycles. The average molecular weight is 344 g/mol. The zero-order chi connectivity index (χ0) is 18.1. The summed E-state index contributed by atoms with van der Waals surface area (Å²) in [6.45, 7) is 0. The van der Waals surface area contributed by atoms with E-state index in [1.807, 2.05) is 66.7 Å².